The monoisotopic (exact) mass is 339 g/mol. The Bertz CT molecular complexity index is 632. The maximum atomic E-state index is 9.23. The van der Waals surface area contributed by atoms with Gasteiger partial charge in [0.15, 0.2) is 3.79 Å². The molecular weight excluding hydrogens is 329 g/mol. The Balaban J connectivity index is 2.34. The van der Waals surface area contributed by atoms with E-state index in [1.807, 2.05) is 42.5 Å². The lowest BCUT2D eigenvalue weighted by molar-refractivity contribution is 0.196. The van der Waals surface area contributed by atoms with Crippen molar-refractivity contribution in [3.63, 3.8) is 0 Å². The van der Waals surface area contributed by atoms with Crippen molar-refractivity contribution in [1.82, 2.24) is 0 Å². The minimum Gasteiger partial charge on any atom is -0.486 e. The molecule has 0 radical (unpaired) electrons. The third-order valence-corrected chi connectivity index (χ3v) is 3.33. The molecule has 0 saturated heterocycles. The molecule has 0 saturated carbocycles. The number of para-hydroxylation sites is 1. The van der Waals surface area contributed by atoms with E-state index in [9.17, 15) is 5.26 Å². The zero-order chi connectivity index (χ0) is 15.3. The fourth-order valence-electron chi connectivity index (χ4n) is 1.97. The molecule has 0 fully saturated rings. The predicted molar refractivity (Wildman–Crippen MR) is 85.9 cm³/mol. The minimum absolute atomic E-state index is 0.144. The normalized spacial score (nSPS) is 12.5. The fourth-order valence-corrected chi connectivity index (χ4v) is 2.39. The van der Waals surface area contributed by atoms with E-state index in [0.29, 0.717) is 16.9 Å². The largest absolute Gasteiger partial charge is 0.486 e. The van der Waals surface area contributed by atoms with Gasteiger partial charge in [0.25, 0.3) is 0 Å². The number of halogens is 3. The lowest BCUT2D eigenvalue weighted by Gasteiger charge is -2.23. The van der Waals surface area contributed by atoms with E-state index >= 15 is 0 Å². The van der Waals surface area contributed by atoms with Crippen LogP contribution in [0.15, 0.2) is 54.6 Å². The molecule has 2 nitrogen and oxygen atoms in total. The first-order chi connectivity index (χ1) is 9.99. The first-order valence-electron chi connectivity index (χ1n) is 6.27. The zero-order valence-corrected chi connectivity index (χ0v) is 13.2. The van der Waals surface area contributed by atoms with E-state index in [1.165, 1.54) is 0 Å². The number of ether oxygens (including phenoxy) is 1. The van der Waals surface area contributed by atoms with Gasteiger partial charge in [-0.25, -0.2) is 0 Å². The summed E-state index contributed by atoms with van der Waals surface area (Å²) >= 11 is 17.7. The van der Waals surface area contributed by atoms with Crippen molar-refractivity contribution in [3.05, 3.63) is 65.7 Å². The summed E-state index contributed by atoms with van der Waals surface area (Å²) in [7, 11) is 0. The molecule has 108 valence electrons. The Morgan fingerprint density at radius 3 is 2.24 bits per heavy atom. The SMILES string of the molecule is N#Cc1ccccc1C(CC(Cl)(Cl)Cl)Oc1ccccc1. The summed E-state index contributed by atoms with van der Waals surface area (Å²) in [5.74, 6) is 0.657. The number of nitrogens with zero attached hydrogens (tertiary/aromatic N) is 1. The van der Waals surface area contributed by atoms with Crippen LogP contribution in [0.5, 0.6) is 5.75 Å². The average Bonchev–Trinajstić information content (AvgIpc) is 2.46. The molecular formula is C16H12Cl3NO. The fraction of sp³-hybridized carbons (Fsp3) is 0.188. The van der Waals surface area contributed by atoms with Crippen LogP contribution in [0.3, 0.4) is 0 Å². The summed E-state index contributed by atoms with van der Waals surface area (Å²) in [5.41, 5.74) is 1.21. The summed E-state index contributed by atoms with van der Waals surface area (Å²) < 4.78 is 4.44. The van der Waals surface area contributed by atoms with Gasteiger partial charge >= 0.3 is 0 Å². The number of hydrogen-bond acceptors (Lipinski definition) is 2. The quantitative estimate of drug-likeness (QED) is 0.694. The second-order valence-corrected chi connectivity index (χ2v) is 6.95. The van der Waals surface area contributed by atoms with Crippen molar-refractivity contribution in [3.8, 4) is 11.8 Å². The molecule has 0 aliphatic carbocycles. The van der Waals surface area contributed by atoms with Crippen molar-refractivity contribution >= 4 is 34.8 Å². The number of alkyl halides is 3. The molecule has 0 spiro atoms. The van der Waals surface area contributed by atoms with Crippen molar-refractivity contribution < 1.29 is 4.74 Å². The highest BCUT2D eigenvalue weighted by molar-refractivity contribution is 6.67. The van der Waals surface area contributed by atoms with Gasteiger partial charge in [-0.2, -0.15) is 5.26 Å². The molecule has 1 atom stereocenters. The minimum atomic E-state index is -1.47. The molecule has 2 aromatic carbocycles. The van der Waals surface area contributed by atoms with Crippen LogP contribution in [0, 0.1) is 11.3 Å². The summed E-state index contributed by atoms with van der Waals surface area (Å²) in [6, 6.07) is 18.5. The third kappa shape index (κ3) is 4.82. The van der Waals surface area contributed by atoms with Crippen LogP contribution in [0.4, 0.5) is 0 Å². The van der Waals surface area contributed by atoms with Crippen LogP contribution in [0.25, 0.3) is 0 Å². The summed E-state index contributed by atoms with van der Waals surface area (Å²) in [6.45, 7) is 0. The van der Waals surface area contributed by atoms with Gasteiger partial charge in [-0.15, -0.1) is 0 Å². The molecule has 5 heteroatoms. The van der Waals surface area contributed by atoms with Gasteiger partial charge in [0.1, 0.15) is 11.9 Å². The van der Waals surface area contributed by atoms with E-state index in [-0.39, 0.29) is 6.42 Å². The van der Waals surface area contributed by atoms with Crippen LogP contribution in [-0.2, 0) is 0 Å². The molecule has 0 aromatic heterocycles. The molecule has 0 N–H and O–H groups in total. The predicted octanol–water partition coefficient (Wildman–Crippen LogP) is 5.44. The first-order valence-corrected chi connectivity index (χ1v) is 7.40. The summed E-state index contributed by atoms with van der Waals surface area (Å²) in [6.07, 6.45) is -0.374. The molecule has 1 unspecified atom stereocenters. The van der Waals surface area contributed by atoms with Gasteiger partial charge in [-0.1, -0.05) is 71.2 Å². The second-order valence-electron chi connectivity index (χ2n) is 4.44. The van der Waals surface area contributed by atoms with E-state index in [4.69, 9.17) is 39.5 Å². The van der Waals surface area contributed by atoms with E-state index in [1.54, 1.807) is 12.1 Å². The molecule has 0 bridgehead atoms. The van der Waals surface area contributed by atoms with Gasteiger partial charge in [-0.05, 0) is 18.2 Å². The van der Waals surface area contributed by atoms with Crippen LogP contribution in [0.2, 0.25) is 0 Å². The zero-order valence-electron chi connectivity index (χ0n) is 11.0. The number of hydrogen-bond donors (Lipinski definition) is 0. The highest BCUT2D eigenvalue weighted by atomic mass is 35.6. The van der Waals surface area contributed by atoms with Gasteiger partial charge in [0, 0.05) is 12.0 Å². The first kappa shape index (κ1) is 16.0. The lowest BCUT2D eigenvalue weighted by Crippen LogP contribution is -2.17. The molecule has 0 heterocycles. The van der Waals surface area contributed by atoms with Crippen LogP contribution in [-0.4, -0.2) is 3.79 Å². The Kier molecular flexibility index (Phi) is 5.36. The average molecular weight is 341 g/mol. The van der Waals surface area contributed by atoms with Crippen molar-refractivity contribution in [2.75, 3.05) is 0 Å². The molecule has 2 rings (SSSR count). The van der Waals surface area contributed by atoms with Crippen molar-refractivity contribution in [2.24, 2.45) is 0 Å². The van der Waals surface area contributed by atoms with Crippen LogP contribution in [0.1, 0.15) is 23.7 Å². The maximum Gasteiger partial charge on any atom is 0.194 e. The second kappa shape index (κ2) is 7.04. The van der Waals surface area contributed by atoms with Crippen molar-refractivity contribution in [1.29, 1.82) is 5.26 Å². The summed E-state index contributed by atoms with van der Waals surface area (Å²) in [4.78, 5) is 0. The third-order valence-electron chi connectivity index (χ3n) is 2.87. The standard InChI is InChI=1S/C16H12Cl3NO/c17-16(18,19)10-15(21-13-7-2-1-3-8-13)14-9-5-4-6-12(14)11-20/h1-9,15H,10H2. The Hall–Kier alpha value is -1.40. The Morgan fingerprint density at radius 1 is 1.00 bits per heavy atom. The highest BCUT2D eigenvalue weighted by Crippen LogP contribution is 2.39. The number of nitriles is 1. The van der Waals surface area contributed by atoms with Crippen LogP contribution < -0.4 is 4.74 Å². The summed E-state index contributed by atoms with van der Waals surface area (Å²) in [5, 5.41) is 9.23. The molecule has 21 heavy (non-hydrogen) atoms. The van der Waals surface area contributed by atoms with E-state index in [0.717, 1.165) is 0 Å². The van der Waals surface area contributed by atoms with E-state index in [2.05, 4.69) is 6.07 Å². The topological polar surface area (TPSA) is 33.0 Å². The van der Waals surface area contributed by atoms with Gasteiger partial charge in [0.2, 0.25) is 0 Å². The number of benzene rings is 2. The maximum absolute atomic E-state index is 9.23. The van der Waals surface area contributed by atoms with Crippen LogP contribution >= 0.6 is 34.8 Å². The van der Waals surface area contributed by atoms with Gasteiger partial charge in [-0.3, -0.25) is 0 Å². The molecule has 0 amide bonds. The Labute approximate surface area is 138 Å². The Morgan fingerprint density at radius 2 is 1.62 bits per heavy atom. The van der Waals surface area contributed by atoms with E-state index < -0.39 is 9.90 Å². The van der Waals surface area contributed by atoms with Gasteiger partial charge in [0.05, 0.1) is 11.6 Å². The van der Waals surface area contributed by atoms with Gasteiger partial charge < -0.3 is 4.74 Å². The smallest absolute Gasteiger partial charge is 0.194 e. The molecule has 0 aliphatic rings. The highest BCUT2D eigenvalue weighted by Gasteiger charge is 2.29. The lowest BCUT2D eigenvalue weighted by atomic mass is 10.0. The number of rotatable bonds is 4. The molecule has 0 aliphatic heterocycles. The molecule has 2 aromatic rings. The van der Waals surface area contributed by atoms with Crippen molar-refractivity contribution in [2.45, 2.75) is 16.3 Å².